The van der Waals surface area contributed by atoms with Crippen LogP contribution in [0.2, 0.25) is 0 Å². The number of amides is 3. The zero-order chi connectivity index (χ0) is 20.0. The Morgan fingerprint density at radius 2 is 2.03 bits per heavy atom. The van der Waals surface area contributed by atoms with Gasteiger partial charge in [-0.3, -0.25) is 24.6 Å². The van der Waals surface area contributed by atoms with E-state index in [2.05, 4.69) is 21.6 Å². The summed E-state index contributed by atoms with van der Waals surface area (Å²) < 4.78 is 5.94. The maximum absolute atomic E-state index is 13.0. The molecule has 8 heteroatoms. The van der Waals surface area contributed by atoms with E-state index >= 15 is 0 Å². The number of hydrogen-bond acceptors (Lipinski definition) is 6. The van der Waals surface area contributed by atoms with Crippen LogP contribution in [0, 0.1) is 5.92 Å². The van der Waals surface area contributed by atoms with Gasteiger partial charge in [-0.25, -0.2) is 0 Å². The molecule has 2 unspecified atom stereocenters. The zero-order valence-electron chi connectivity index (χ0n) is 16.4. The van der Waals surface area contributed by atoms with Crippen molar-refractivity contribution in [2.24, 2.45) is 5.92 Å². The lowest BCUT2D eigenvalue weighted by molar-refractivity contribution is -0.136. The van der Waals surface area contributed by atoms with Crippen LogP contribution in [0.3, 0.4) is 0 Å². The van der Waals surface area contributed by atoms with Gasteiger partial charge in [-0.15, -0.1) is 0 Å². The molecule has 2 atom stereocenters. The third-order valence-corrected chi connectivity index (χ3v) is 6.52. The first-order chi connectivity index (χ1) is 14.1. The second-order valence-electron chi connectivity index (χ2n) is 8.45. The summed E-state index contributed by atoms with van der Waals surface area (Å²) in [5.41, 5.74) is 2.73. The number of hydrogen-bond donors (Lipinski definition) is 2. The number of fused-ring (bicyclic) bond motifs is 1. The van der Waals surface area contributed by atoms with Crippen molar-refractivity contribution in [1.82, 2.24) is 20.4 Å². The molecule has 1 aromatic carbocycles. The number of imide groups is 1. The zero-order valence-corrected chi connectivity index (χ0v) is 16.4. The lowest BCUT2D eigenvalue weighted by atomic mass is 9.95. The number of nitrogens with zero attached hydrogens (tertiary/aromatic N) is 2. The smallest absolute Gasteiger partial charge is 0.255 e. The molecule has 0 spiro atoms. The van der Waals surface area contributed by atoms with Crippen molar-refractivity contribution < 1.29 is 19.1 Å². The summed E-state index contributed by atoms with van der Waals surface area (Å²) in [5, 5.41) is 5.65. The molecule has 3 saturated heterocycles. The first-order valence-electron chi connectivity index (χ1n) is 10.4. The van der Waals surface area contributed by atoms with Gasteiger partial charge in [-0.1, -0.05) is 12.1 Å². The lowest BCUT2D eigenvalue weighted by Gasteiger charge is -2.40. The second-order valence-corrected chi connectivity index (χ2v) is 8.45. The first-order valence-corrected chi connectivity index (χ1v) is 10.4. The van der Waals surface area contributed by atoms with Crippen LogP contribution in [-0.2, 0) is 27.4 Å². The van der Waals surface area contributed by atoms with Crippen LogP contribution < -0.4 is 10.6 Å². The average molecular weight is 398 g/mol. The summed E-state index contributed by atoms with van der Waals surface area (Å²) in [6.45, 7) is 5.83. The minimum absolute atomic E-state index is 0.114. The third-order valence-electron chi connectivity index (χ3n) is 6.52. The van der Waals surface area contributed by atoms with Gasteiger partial charge in [0, 0.05) is 57.2 Å². The van der Waals surface area contributed by atoms with E-state index in [1.165, 1.54) is 0 Å². The highest BCUT2D eigenvalue weighted by atomic mass is 16.5. The fourth-order valence-electron chi connectivity index (χ4n) is 4.69. The average Bonchev–Trinajstić information content (AvgIpc) is 2.97. The molecule has 4 aliphatic heterocycles. The number of carbonyl (C=O) groups is 3. The quantitative estimate of drug-likeness (QED) is 0.687. The van der Waals surface area contributed by atoms with Gasteiger partial charge in [0.25, 0.3) is 5.91 Å². The number of morpholine rings is 1. The molecular formula is C21H26N4O4. The maximum atomic E-state index is 13.0. The Kier molecular flexibility index (Phi) is 4.85. The summed E-state index contributed by atoms with van der Waals surface area (Å²) >= 11 is 0. The molecule has 0 radical (unpaired) electrons. The monoisotopic (exact) mass is 398 g/mol. The summed E-state index contributed by atoms with van der Waals surface area (Å²) in [6.07, 6.45) is 0.947. The fourth-order valence-corrected chi connectivity index (χ4v) is 4.69. The van der Waals surface area contributed by atoms with E-state index in [1.54, 1.807) is 4.90 Å². The molecule has 1 aromatic rings. The van der Waals surface area contributed by atoms with Crippen molar-refractivity contribution in [1.29, 1.82) is 0 Å². The third kappa shape index (κ3) is 3.56. The van der Waals surface area contributed by atoms with Gasteiger partial charge in [0.2, 0.25) is 11.8 Å². The van der Waals surface area contributed by atoms with Crippen LogP contribution in [0.5, 0.6) is 0 Å². The maximum Gasteiger partial charge on any atom is 0.255 e. The highest BCUT2D eigenvalue weighted by Crippen LogP contribution is 2.29. The number of benzene rings is 1. The molecule has 4 heterocycles. The van der Waals surface area contributed by atoms with Gasteiger partial charge >= 0.3 is 0 Å². The van der Waals surface area contributed by atoms with E-state index in [0.717, 1.165) is 50.5 Å². The Morgan fingerprint density at radius 1 is 1.17 bits per heavy atom. The molecule has 3 amide bonds. The highest BCUT2D eigenvalue weighted by Gasteiger charge is 2.39. The number of piperidine rings is 1. The minimum atomic E-state index is -0.563. The summed E-state index contributed by atoms with van der Waals surface area (Å²) in [5.74, 6) is -0.148. The van der Waals surface area contributed by atoms with Crippen molar-refractivity contribution in [2.75, 3.05) is 32.8 Å². The van der Waals surface area contributed by atoms with Gasteiger partial charge < -0.3 is 15.0 Å². The van der Waals surface area contributed by atoms with E-state index in [0.29, 0.717) is 24.4 Å². The predicted molar refractivity (Wildman–Crippen MR) is 104 cm³/mol. The molecule has 8 nitrogen and oxygen atoms in total. The Hall–Kier alpha value is -2.29. The number of nitrogens with one attached hydrogen (secondary N) is 2. The van der Waals surface area contributed by atoms with Gasteiger partial charge in [0.05, 0.1) is 12.7 Å². The number of ether oxygens (including phenoxy) is 1. The molecule has 29 heavy (non-hydrogen) atoms. The van der Waals surface area contributed by atoms with Gasteiger partial charge in [-0.05, 0) is 23.6 Å². The Labute approximate surface area is 169 Å². The van der Waals surface area contributed by atoms with E-state index in [-0.39, 0.29) is 30.2 Å². The highest BCUT2D eigenvalue weighted by molar-refractivity contribution is 6.05. The van der Waals surface area contributed by atoms with Crippen molar-refractivity contribution in [2.45, 2.75) is 38.1 Å². The molecular weight excluding hydrogens is 372 g/mol. The van der Waals surface area contributed by atoms with E-state index in [4.69, 9.17) is 4.74 Å². The van der Waals surface area contributed by atoms with Crippen molar-refractivity contribution in [3.8, 4) is 0 Å². The van der Waals surface area contributed by atoms with Crippen LogP contribution in [0.4, 0.5) is 0 Å². The lowest BCUT2D eigenvalue weighted by Crippen LogP contribution is -2.55. The first kappa shape index (κ1) is 18.7. The SMILES string of the molecule is O=C1CCC(N2Cc3ccc(CN4CCOC(C5CNC5)C4)cc3C2=O)C(=O)N1. The Balaban J connectivity index is 1.26. The second kappa shape index (κ2) is 7.51. The summed E-state index contributed by atoms with van der Waals surface area (Å²) in [6, 6.07) is 5.49. The van der Waals surface area contributed by atoms with Crippen molar-refractivity contribution in [3.05, 3.63) is 34.9 Å². The topological polar surface area (TPSA) is 91.0 Å². The van der Waals surface area contributed by atoms with Crippen molar-refractivity contribution >= 4 is 17.7 Å². The largest absolute Gasteiger partial charge is 0.375 e. The Bertz CT molecular complexity index is 853. The van der Waals surface area contributed by atoms with Crippen molar-refractivity contribution in [3.63, 3.8) is 0 Å². The van der Waals surface area contributed by atoms with E-state index in [1.807, 2.05) is 12.1 Å². The molecule has 5 rings (SSSR count). The standard InChI is InChI=1S/C21H26N4O4/c26-19-4-3-17(20(27)23-19)25-11-14-2-1-13(7-16(14)21(25)28)10-24-5-6-29-18(12-24)15-8-22-9-15/h1-2,7,15,17-18,22H,3-6,8-12H2,(H,23,26,27). The van der Waals surface area contributed by atoms with Crippen LogP contribution >= 0.6 is 0 Å². The van der Waals surface area contributed by atoms with Crippen LogP contribution in [-0.4, -0.2) is 72.5 Å². The summed E-state index contributed by atoms with van der Waals surface area (Å²) in [4.78, 5) is 40.6. The Morgan fingerprint density at radius 3 is 2.79 bits per heavy atom. The van der Waals surface area contributed by atoms with E-state index in [9.17, 15) is 14.4 Å². The van der Waals surface area contributed by atoms with Gasteiger partial charge in [0.15, 0.2) is 0 Å². The molecule has 2 N–H and O–H groups in total. The molecule has 3 fully saturated rings. The van der Waals surface area contributed by atoms with Gasteiger partial charge in [0.1, 0.15) is 6.04 Å². The predicted octanol–water partition coefficient (Wildman–Crippen LogP) is -0.132. The van der Waals surface area contributed by atoms with Crippen LogP contribution in [0.15, 0.2) is 18.2 Å². The van der Waals surface area contributed by atoms with Gasteiger partial charge in [-0.2, -0.15) is 0 Å². The molecule has 0 bridgehead atoms. The van der Waals surface area contributed by atoms with Crippen LogP contribution in [0.25, 0.3) is 0 Å². The molecule has 0 aromatic heterocycles. The molecule has 0 aliphatic carbocycles. The normalized spacial score (nSPS) is 28.3. The minimum Gasteiger partial charge on any atom is -0.375 e. The number of rotatable bonds is 4. The fraction of sp³-hybridized carbons (Fsp3) is 0.571. The number of carbonyl (C=O) groups excluding carboxylic acids is 3. The molecule has 4 aliphatic rings. The summed E-state index contributed by atoms with van der Waals surface area (Å²) in [7, 11) is 0. The van der Waals surface area contributed by atoms with E-state index < -0.39 is 6.04 Å². The molecule has 154 valence electrons. The van der Waals surface area contributed by atoms with Crippen LogP contribution in [0.1, 0.15) is 34.3 Å². The molecule has 0 saturated carbocycles.